The van der Waals surface area contributed by atoms with E-state index in [9.17, 15) is 4.79 Å². The Morgan fingerprint density at radius 2 is 2.15 bits per heavy atom. The summed E-state index contributed by atoms with van der Waals surface area (Å²) in [5.74, 6) is -0.120. The Morgan fingerprint density at radius 3 is 2.80 bits per heavy atom. The van der Waals surface area contributed by atoms with Crippen molar-refractivity contribution in [3.63, 3.8) is 0 Å². The molecule has 1 atom stereocenters. The molecule has 1 aromatic carbocycles. The van der Waals surface area contributed by atoms with Crippen molar-refractivity contribution < 1.29 is 9.53 Å². The Hall–Kier alpha value is -1.55. The number of amides is 1. The molecule has 1 aromatic rings. The Balaban J connectivity index is 1.91. The van der Waals surface area contributed by atoms with Crippen molar-refractivity contribution in [2.24, 2.45) is 5.41 Å². The van der Waals surface area contributed by atoms with Gasteiger partial charge in [0.25, 0.3) is 0 Å². The summed E-state index contributed by atoms with van der Waals surface area (Å²) in [6.07, 6.45) is 2.00. The Morgan fingerprint density at radius 1 is 1.45 bits per heavy atom. The highest BCUT2D eigenvalue weighted by Crippen LogP contribution is 2.29. The van der Waals surface area contributed by atoms with Crippen LogP contribution in [0.25, 0.3) is 0 Å². The highest BCUT2D eigenvalue weighted by molar-refractivity contribution is 5.83. The number of ether oxygens (including phenoxy) is 1. The molecule has 2 rings (SSSR count). The number of nitrogens with one attached hydrogen (secondary N) is 1. The molecule has 1 aliphatic heterocycles. The van der Waals surface area contributed by atoms with E-state index >= 15 is 0 Å². The summed E-state index contributed by atoms with van der Waals surface area (Å²) in [5, 5.41) is 3.08. The maximum Gasteiger partial charge on any atom is 0.227 e. The number of rotatable bonds is 4. The molecule has 20 heavy (non-hydrogen) atoms. The van der Waals surface area contributed by atoms with Crippen molar-refractivity contribution in [2.45, 2.75) is 32.6 Å². The van der Waals surface area contributed by atoms with E-state index < -0.39 is 0 Å². The topological polar surface area (TPSA) is 64.3 Å². The maximum absolute atomic E-state index is 12.3. The number of anilines is 1. The zero-order valence-corrected chi connectivity index (χ0v) is 12.3. The molecule has 110 valence electrons. The predicted octanol–water partition coefficient (Wildman–Crippen LogP) is 2.31. The van der Waals surface area contributed by atoms with Gasteiger partial charge in [0, 0.05) is 25.4 Å². The minimum Gasteiger partial charge on any atom is -0.399 e. The number of hydrogen-bond acceptors (Lipinski definition) is 3. The van der Waals surface area contributed by atoms with Crippen LogP contribution < -0.4 is 11.1 Å². The second-order valence-corrected chi connectivity index (χ2v) is 6.03. The minimum atomic E-state index is -0.179. The van der Waals surface area contributed by atoms with E-state index in [-0.39, 0.29) is 17.2 Å². The summed E-state index contributed by atoms with van der Waals surface area (Å²) < 4.78 is 5.38. The lowest BCUT2D eigenvalue weighted by molar-refractivity contribution is -0.123. The van der Waals surface area contributed by atoms with Gasteiger partial charge in [0.05, 0.1) is 5.92 Å². The lowest BCUT2D eigenvalue weighted by Crippen LogP contribution is -2.40. The molecule has 4 nitrogen and oxygen atoms in total. The molecule has 4 heteroatoms. The van der Waals surface area contributed by atoms with Gasteiger partial charge < -0.3 is 15.8 Å². The molecule has 0 spiro atoms. The second-order valence-electron chi connectivity index (χ2n) is 6.03. The number of nitrogens with two attached hydrogens (primary N) is 1. The first kappa shape index (κ1) is 14.9. The number of hydrogen-bond donors (Lipinski definition) is 2. The summed E-state index contributed by atoms with van der Waals surface area (Å²) >= 11 is 0. The summed E-state index contributed by atoms with van der Waals surface area (Å²) in [4.78, 5) is 12.3. The monoisotopic (exact) mass is 276 g/mol. The molecule has 0 bridgehead atoms. The normalized spacial score (nSPS) is 19.3. The van der Waals surface area contributed by atoms with E-state index in [0.29, 0.717) is 12.2 Å². The average Bonchev–Trinajstić information content (AvgIpc) is 2.45. The van der Waals surface area contributed by atoms with Crippen molar-refractivity contribution in [1.82, 2.24) is 5.32 Å². The molecule has 1 saturated heterocycles. The first-order chi connectivity index (χ1) is 9.50. The van der Waals surface area contributed by atoms with Crippen molar-refractivity contribution in [3.8, 4) is 0 Å². The van der Waals surface area contributed by atoms with Crippen LogP contribution in [0.15, 0.2) is 24.3 Å². The lowest BCUT2D eigenvalue weighted by Gasteiger charge is -2.33. The highest BCUT2D eigenvalue weighted by atomic mass is 16.5. The predicted molar refractivity (Wildman–Crippen MR) is 80.4 cm³/mol. The third-order valence-corrected chi connectivity index (χ3v) is 4.19. The number of carbonyl (C=O) groups is 1. The summed E-state index contributed by atoms with van der Waals surface area (Å²) in [6.45, 7) is 6.41. The van der Waals surface area contributed by atoms with Gasteiger partial charge in [0.1, 0.15) is 0 Å². The summed E-state index contributed by atoms with van der Waals surface area (Å²) in [6, 6.07) is 7.52. The van der Waals surface area contributed by atoms with Crippen LogP contribution >= 0.6 is 0 Å². The molecule has 0 radical (unpaired) electrons. The van der Waals surface area contributed by atoms with Crippen LogP contribution in [0.1, 0.15) is 38.2 Å². The molecular weight excluding hydrogens is 252 g/mol. The van der Waals surface area contributed by atoms with Gasteiger partial charge in [-0.2, -0.15) is 0 Å². The molecule has 0 aliphatic carbocycles. The van der Waals surface area contributed by atoms with E-state index in [4.69, 9.17) is 10.5 Å². The zero-order chi connectivity index (χ0) is 14.6. The van der Waals surface area contributed by atoms with Gasteiger partial charge in [-0.1, -0.05) is 19.1 Å². The minimum absolute atomic E-state index is 0.0586. The maximum atomic E-state index is 12.3. The smallest absolute Gasteiger partial charge is 0.227 e. The first-order valence-electron chi connectivity index (χ1n) is 7.21. The molecule has 1 heterocycles. The van der Waals surface area contributed by atoms with E-state index in [1.54, 1.807) is 0 Å². The molecule has 1 amide bonds. The van der Waals surface area contributed by atoms with Gasteiger partial charge in [0.2, 0.25) is 5.91 Å². The van der Waals surface area contributed by atoms with Crippen LogP contribution in [0.4, 0.5) is 5.69 Å². The molecule has 1 aliphatic rings. The van der Waals surface area contributed by atoms with Gasteiger partial charge in [0.15, 0.2) is 0 Å². The van der Waals surface area contributed by atoms with Gasteiger partial charge >= 0.3 is 0 Å². The van der Waals surface area contributed by atoms with Gasteiger partial charge in [-0.25, -0.2) is 0 Å². The van der Waals surface area contributed by atoms with Crippen LogP contribution in [-0.2, 0) is 9.53 Å². The number of carbonyl (C=O) groups excluding carboxylic acids is 1. The quantitative estimate of drug-likeness (QED) is 0.829. The van der Waals surface area contributed by atoms with Crippen LogP contribution in [0.5, 0.6) is 0 Å². The first-order valence-corrected chi connectivity index (χ1v) is 7.21. The van der Waals surface area contributed by atoms with Gasteiger partial charge in [-0.3, -0.25) is 4.79 Å². The zero-order valence-electron chi connectivity index (χ0n) is 12.3. The van der Waals surface area contributed by atoms with Crippen LogP contribution in [0.3, 0.4) is 0 Å². The summed E-state index contributed by atoms with van der Waals surface area (Å²) in [7, 11) is 0. The molecule has 0 saturated carbocycles. The van der Waals surface area contributed by atoms with E-state index in [2.05, 4.69) is 12.2 Å². The third-order valence-electron chi connectivity index (χ3n) is 4.19. The largest absolute Gasteiger partial charge is 0.399 e. The fraction of sp³-hybridized carbons (Fsp3) is 0.562. The van der Waals surface area contributed by atoms with E-state index in [1.807, 2.05) is 31.2 Å². The van der Waals surface area contributed by atoms with E-state index in [1.165, 1.54) is 0 Å². The average molecular weight is 276 g/mol. The Labute approximate surface area is 120 Å². The lowest BCUT2D eigenvalue weighted by atomic mass is 9.82. The van der Waals surface area contributed by atoms with Crippen LogP contribution in [-0.4, -0.2) is 25.7 Å². The molecular formula is C16H24N2O2. The highest BCUT2D eigenvalue weighted by Gasteiger charge is 2.28. The molecule has 3 N–H and O–H groups in total. The van der Waals surface area contributed by atoms with Crippen molar-refractivity contribution in [3.05, 3.63) is 29.8 Å². The van der Waals surface area contributed by atoms with Crippen molar-refractivity contribution in [2.75, 3.05) is 25.5 Å². The number of nitrogen functional groups attached to an aromatic ring is 1. The fourth-order valence-corrected chi connectivity index (χ4v) is 2.47. The number of benzene rings is 1. The van der Waals surface area contributed by atoms with Gasteiger partial charge in [-0.15, -0.1) is 0 Å². The third kappa shape index (κ3) is 3.73. The Bertz CT molecular complexity index is 467. The molecule has 0 aromatic heterocycles. The standard InChI is InChI=1S/C16H24N2O2/c1-12(13-4-3-5-14(17)10-13)15(19)18-11-16(2)6-8-20-9-7-16/h3-5,10,12H,6-9,11,17H2,1-2H3,(H,18,19). The molecule has 1 unspecified atom stereocenters. The van der Waals surface area contributed by atoms with Crippen molar-refractivity contribution in [1.29, 1.82) is 0 Å². The SMILES string of the molecule is CC(C(=O)NCC1(C)CCOCC1)c1cccc(N)c1. The van der Waals surface area contributed by atoms with Crippen LogP contribution in [0.2, 0.25) is 0 Å². The molecule has 1 fully saturated rings. The van der Waals surface area contributed by atoms with E-state index in [0.717, 1.165) is 31.6 Å². The van der Waals surface area contributed by atoms with Gasteiger partial charge in [-0.05, 0) is 42.9 Å². The fourth-order valence-electron chi connectivity index (χ4n) is 2.47. The Kier molecular flexibility index (Phi) is 4.65. The van der Waals surface area contributed by atoms with Crippen LogP contribution in [0, 0.1) is 5.41 Å². The van der Waals surface area contributed by atoms with Crippen molar-refractivity contribution >= 4 is 11.6 Å². The summed E-state index contributed by atoms with van der Waals surface area (Å²) in [5.41, 5.74) is 7.57. The second kappa shape index (κ2) is 6.27.